The predicted molar refractivity (Wildman–Crippen MR) is 57.5 cm³/mol. The van der Waals surface area contributed by atoms with E-state index in [1.165, 1.54) is 12.8 Å². The van der Waals surface area contributed by atoms with Crippen molar-refractivity contribution in [2.75, 3.05) is 32.9 Å². The maximum absolute atomic E-state index is 5.44. The van der Waals surface area contributed by atoms with Crippen molar-refractivity contribution in [1.82, 2.24) is 5.32 Å². The average molecular weight is 201 g/mol. The standard InChI is InChI=1S/C11H23NO2/c1-3-14-10(2)7-12-8-11-5-4-6-13-9-11/h10-12H,3-9H2,1-2H3. The Morgan fingerprint density at radius 2 is 2.43 bits per heavy atom. The van der Waals surface area contributed by atoms with Crippen LogP contribution in [0.5, 0.6) is 0 Å². The van der Waals surface area contributed by atoms with E-state index >= 15 is 0 Å². The molecular formula is C11H23NO2. The molecule has 1 saturated heterocycles. The first-order valence-corrected chi connectivity index (χ1v) is 5.73. The second-order valence-electron chi connectivity index (χ2n) is 4.01. The average Bonchev–Trinajstić information content (AvgIpc) is 2.20. The molecule has 2 atom stereocenters. The van der Waals surface area contributed by atoms with E-state index in [4.69, 9.17) is 9.47 Å². The highest BCUT2D eigenvalue weighted by Crippen LogP contribution is 2.11. The predicted octanol–water partition coefficient (Wildman–Crippen LogP) is 1.43. The molecule has 84 valence electrons. The van der Waals surface area contributed by atoms with Gasteiger partial charge < -0.3 is 14.8 Å². The molecule has 0 aromatic heterocycles. The second-order valence-corrected chi connectivity index (χ2v) is 4.01. The summed E-state index contributed by atoms with van der Waals surface area (Å²) in [7, 11) is 0. The van der Waals surface area contributed by atoms with E-state index in [0.29, 0.717) is 12.0 Å². The Morgan fingerprint density at radius 1 is 1.57 bits per heavy atom. The van der Waals surface area contributed by atoms with Gasteiger partial charge in [-0.1, -0.05) is 0 Å². The third-order valence-corrected chi connectivity index (χ3v) is 2.57. The molecule has 0 aromatic rings. The zero-order valence-corrected chi connectivity index (χ0v) is 9.42. The third-order valence-electron chi connectivity index (χ3n) is 2.57. The smallest absolute Gasteiger partial charge is 0.0671 e. The van der Waals surface area contributed by atoms with Crippen LogP contribution in [0.3, 0.4) is 0 Å². The van der Waals surface area contributed by atoms with Crippen molar-refractivity contribution < 1.29 is 9.47 Å². The van der Waals surface area contributed by atoms with Crippen LogP contribution in [-0.2, 0) is 9.47 Å². The van der Waals surface area contributed by atoms with Crippen molar-refractivity contribution in [2.45, 2.75) is 32.8 Å². The molecule has 3 heteroatoms. The molecule has 1 heterocycles. The normalized spacial score (nSPS) is 24.9. The Labute approximate surface area is 87.2 Å². The van der Waals surface area contributed by atoms with Crippen molar-refractivity contribution in [3.8, 4) is 0 Å². The molecule has 1 aliphatic rings. The summed E-state index contributed by atoms with van der Waals surface area (Å²) in [6.45, 7) is 8.83. The number of ether oxygens (including phenoxy) is 2. The highest BCUT2D eigenvalue weighted by atomic mass is 16.5. The van der Waals surface area contributed by atoms with Gasteiger partial charge in [0.15, 0.2) is 0 Å². The fraction of sp³-hybridized carbons (Fsp3) is 1.00. The SMILES string of the molecule is CCOC(C)CNCC1CCCOC1. The summed E-state index contributed by atoms with van der Waals surface area (Å²) in [6.07, 6.45) is 2.84. The molecule has 0 amide bonds. The molecule has 0 spiro atoms. The van der Waals surface area contributed by atoms with Crippen molar-refractivity contribution in [3.05, 3.63) is 0 Å². The molecule has 1 aliphatic heterocycles. The summed E-state index contributed by atoms with van der Waals surface area (Å²) in [5, 5.41) is 3.43. The Bertz CT molecular complexity index is 135. The van der Waals surface area contributed by atoms with Gasteiger partial charge in [0.2, 0.25) is 0 Å². The van der Waals surface area contributed by atoms with Crippen LogP contribution in [0.2, 0.25) is 0 Å². The molecule has 1 N–H and O–H groups in total. The monoisotopic (exact) mass is 201 g/mol. The molecule has 0 bridgehead atoms. The van der Waals surface area contributed by atoms with E-state index in [0.717, 1.165) is 32.9 Å². The van der Waals surface area contributed by atoms with Gasteiger partial charge in [-0.25, -0.2) is 0 Å². The second kappa shape index (κ2) is 7.21. The number of rotatable bonds is 6. The maximum Gasteiger partial charge on any atom is 0.0671 e. The summed E-state index contributed by atoms with van der Waals surface area (Å²) >= 11 is 0. The van der Waals surface area contributed by atoms with Crippen molar-refractivity contribution in [1.29, 1.82) is 0 Å². The fourth-order valence-corrected chi connectivity index (χ4v) is 1.80. The van der Waals surface area contributed by atoms with Crippen LogP contribution >= 0.6 is 0 Å². The molecule has 0 radical (unpaired) electrons. The van der Waals surface area contributed by atoms with Crippen LogP contribution in [-0.4, -0.2) is 39.0 Å². The Balaban J connectivity index is 1.96. The Morgan fingerprint density at radius 3 is 3.07 bits per heavy atom. The van der Waals surface area contributed by atoms with Gasteiger partial charge in [-0.15, -0.1) is 0 Å². The minimum Gasteiger partial charge on any atom is -0.381 e. The minimum absolute atomic E-state index is 0.324. The van der Waals surface area contributed by atoms with Crippen LogP contribution in [0.1, 0.15) is 26.7 Å². The summed E-state index contributed by atoms with van der Waals surface area (Å²) < 4.78 is 10.9. The molecule has 0 aliphatic carbocycles. The topological polar surface area (TPSA) is 30.5 Å². The van der Waals surface area contributed by atoms with Gasteiger partial charge in [-0.05, 0) is 32.6 Å². The quantitative estimate of drug-likeness (QED) is 0.705. The van der Waals surface area contributed by atoms with Crippen LogP contribution in [0, 0.1) is 5.92 Å². The van der Waals surface area contributed by atoms with Crippen molar-refractivity contribution in [2.24, 2.45) is 5.92 Å². The Hall–Kier alpha value is -0.120. The largest absolute Gasteiger partial charge is 0.381 e. The van der Waals surface area contributed by atoms with E-state index in [-0.39, 0.29) is 0 Å². The summed E-state index contributed by atoms with van der Waals surface area (Å²) in [5.41, 5.74) is 0. The lowest BCUT2D eigenvalue weighted by molar-refractivity contribution is 0.0486. The first kappa shape index (κ1) is 12.0. The van der Waals surface area contributed by atoms with Gasteiger partial charge in [0.25, 0.3) is 0 Å². The van der Waals surface area contributed by atoms with Crippen LogP contribution < -0.4 is 5.32 Å². The van der Waals surface area contributed by atoms with Gasteiger partial charge in [-0.2, -0.15) is 0 Å². The maximum atomic E-state index is 5.44. The zero-order valence-electron chi connectivity index (χ0n) is 9.42. The van der Waals surface area contributed by atoms with E-state index in [2.05, 4.69) is 12.2 Å². The molecule has 0 aromatic carbocycles. The van der Waals surface area contributed by atoms with E-state index < -0.39 is 0 Å². The van der Waals surface area contributed by atoms with Gasteiger partial charge in [0, 0.05) is 26.3 Å². The molecular weight excluding hydrogens is 178 g/mol. The summed E-state index contributed by atoms with van der Waals surface area (Å²) in [6, 6.07) is 0. The molecule has 14 heavy (non-hydrogen) atoms. The molecule has 3 nitrogen and oxygen atoms in total. The summed E-state index contributed by atoms with van der Waals surface area (Å²) in [5.74, 6) is 0.706. The van der Waals surface area contributed by atoms with Gasteiger partial charge in [0.05, 0.1) is 12.7 Å². The summed E-state index contributed by atoms with van der Waals surface area (Å²) in [4.78, 5) is 0. The molecule has 1 fully saturated rings. The zero-order chi connectivity index (χ0) is 10.2. The van der Waals surface area contributed by atoms with Crippen LogP contribution in [0.4, 0.5) is 0 Å². The lowest BCUT2D eigenvalue weighted by Gasteiger charge is -2.23. The molecule has 1 rings (SSSR count). The first-order chi connectivity index (χ1) is 6.83. The highest BCUT2D eigenvalue weighted by Gasteiger charge is 2.13. The van der Waals surface area contributed by atoms with Crippen molar-refractivity contribution in [3.63, 3.8) is 0 Å². The van der Waals surface area contributed by atoms with Gasteiger partial charge >= 0.3 is 0 Å². The van der Waals surface area contributed by atoms with Gasteiger partial charge in [-0.3, -0.25) is 0 Å². The molecule has 2 unspecified atom stereocenters. The van der Waals surface area contributed by atoms with E-state index in [1.807, 2.05) is 6.92 Å². The number of nitrogens with one attached hydrogen (secondary N) is 1. The lowest BCUT2D eigenvalue weighted by Crippen LogP contribution is -2.34. The van der Waals surface area contributed by atoms with Crippen molar-refractivity contribution >= 4 is 0 Å². The number of hydrogen-bond acceptors (Lipinski definition) is 3. The van der Waals surface area contributed by atoms with Gasteiger partial charge in [0.1, 0.15) is 0 Å². The Kier molecular flexibility index (Phi) is 6.15. The molecule has 0 saturated carbocycles. The highest BCUT2D eigenvalue weighted by molar-refractivity contribution is 4.66. The number of hydrogen-bond donors (Lipinski definition) is 1. The van der Waals surface area contributed by atoms with E-state index in [9.17, 15) is 0 Å². The van der Waals surface area contributed by atoms with Crippen LogP contribution in [0.15, 0.2) is 0 Å². The third kappa shape index (κ3) is 4.94. The lowest BCUT2D eigenvalue weighted by atomic mass is 10.0. The minimum atomic E-state index is 0.324. The first-order valence-electron chi connectivity index (χ1n) is 5.73. The van der Waals surface area contributed by atoms with Crippen LogP contribution in [0.25, 0.3) is 0 Å². The van der Waals surface area contributed by atoms with E-state index in [1.54, 1.807) is 0 Å². The fourth-order valence-electron chi connectivity index (χ4n) is 1.80.